The summed E-state index contributed by atoms with van der Waals surface area (Å²) in [6.07, 6.45) is 0.230. The summed E-state index contributed by atoms with van der Waals surface area (Å²) in [5, 5.41) is 3.54. The predicted octanol–water partition coefficient (Wildman–Crippen LogP) is 4.48. The molecule has 0 atom stereocenters. The highest BCUT2D eigenvalue weighted by Crippen LogP contribution is 2.21. The second kappa shape index (κ2) is 9.20. The summed E-state index contributed by atoms with van der Waals surface area (Å²) in [5.41, 5.74) is 2.92. The number of carbonyl (C=O) groups excluding carboxylic acids is 2. The lowest BCUT2D eigenvalue weighted by Gasteiger charge is -2.20. The van der Waals surface area contributed by atoms with E-state index in [0.717, 1.165) is 11.1 Å². The van der Waals surface area contributed by atoms with Gasteiger partial charge < -0.3 is 10.2 Å². The van der Waals surface area contributed by atoms with Gasteiger partial charge in [0.2, 0.25) is 5.91 Å². The average molecular weight is 393 g/mol. The van der Waals surface area contributed by atoms with E-state index >= 15 is 0 Å². The Balaban J connectivity index is 1.72. The molecule has 4 nitrogen and oxygen atoms in total. The van der Waals surface area contributed by atoms with Gasteiger partial charge in [0.25, 0.3) is 5.91 Å². The zero-order chi connectivity index (χ0) is 19.9. The second-order valence-electron chi connectivity index (χ2n) is 6.44. The molecule has 0 heterocycles. The van der Waals surface area contributed by atoms with Gasteiger partial charge in [0, 0.05) is 18.6 Å². The summed E-state index contributed by atoms with van der Waals surface area (Å²) in [7, 11) is 1.68. The summed E-state index contributed by atoms with van der Waals surface area (Å²) in [5.74, 6) is -0.323. The van der Waals surface area contributed by atoms with Crippen LogP contribution in [0.1, 0.15) is 21.5 Å². The molecule has 0 aliphatic rings. The number of nitrogens with zero attached hydrogens (tertiary/aromatic N) is 1. The molecule has 0 saturated heterocycles. The summed E-state index contributed by atoms with van der Waals surface area (Å²) in [6, 6.07) is 24.0. The number of likely N-dealkylation sites (N-methyl/N-ethyl adjacent to an activating group) is 1. The zero-order valence-electron chi connectivity index (χ0n) is 15.6. The van der Waals surface area contributed by atoms with Crippen molar-refractivity contribution < 1.29 is 9.59 Å². The Hall–Kier alpha value is -3.11. The quantitative estimate of drug-likeness (QED) is 0.672. The number of amides is 2. The number of benzene rings is 3. The van der Waals surface area contributed by atoms with E-state index < -0.39 is 0 Å². The molecule has 0 bridgehead atoms. The maximum atomic E-state index is 12.7. The summed E-state index contributed by atoms with van der Waals surface area (Å²) in [4.78, 5) is 26.9. The van der Waals surface area contributed by atoms with E-state index in [1.807, 2.05) is 48.5 Å². The molecule has 2 amide bonds. The Labute approximate surface area is 169 Å². The first kappa shape index (κ1) is 19.6. The summed E-state index contributed by atoms with van der Waals surface area (Å²) >= 11 is 5.90. The van der Waals surface area contributed by atoms with E-state index in [2.05, 4.69) is 5.32 Å². The van der Waals surface area contributed by atoms with Crippen LogP contribution in [0, 0.1) is 0 Å². The molecular formula is C23H21ClN2O2. The highest BCUT2D eigenvalue weighted by molar-refractivity contribution is 6.30. The Bertz CT molecular complexity index is 956. The van der Waals surface area contributed by atoms with Gasteiger partial charge in [0.15, 0.2) is 0 Å². The van der Waals surface area contributed by atoms with Gasteiger partial charge in [-0.2, -0.15) is 0 Å². The molecule has 0 unspecified atom stereocenters. The normalized spacial score (nSPS) is 10.4. The van der Waals surface area contributed by atoms with Crippen LogP contribution in [0.15, 0.2) is 78.9 Å². The highest BCUT2D eigenvalue weighted by atomic mass is 35.5. The van der Waals surface area contributed by atoms with Crippen LogP contribution in [0.3, 0.4) is 0 Å². The molecule has 0 saturated carbocycles. The zero-order valence-corrected chi connectivity index (χ0v) is 16.3. The molecule has 0 aliphatic carbocycles. The Kier molecular flexibility index (Phi) is 6.45. The maximum Gasteiger partial charge on any atom is 0.253 e. The maximum absolute atomic E-state index is 12.7. The number of rotatable bonds is 6. The third-order valence-corrected chi connectivity index (χ3v) is 4.70. The van der Waals surface area contributed by atoms with Crippen LogP contribution in [-0.4, -0.2) is 18.9 Å². The van der Waals surface area contributed by atoms with Crippen molar-refractivity contribution in [1.82, 2.24) is 5.32 Å². The van der Waals surface area contributed by atoms with Gasteiger partial charge in [-0.1, -0.05) is 66.2 Å². The van der Waals surface area contributed by atoms with Crippen molar-refractivity contribution in [2.24, 2.45) is 0 Å². The van der Waals surface area contributed by atoms with Crippen molar-refractivity contribution in [1.29, 1.82) is 0 Å². The van der Waals surface area contributed by atoms with E-state index in [4.69, 9.17) is 11.6 Å². The van der Waals surface area contributed by atoms with Crippen molar-refractivity contribution in [2.45, 2.75) is 13.0 Å². The number of halogens is 1. The molecule has 0 aromatic heterocycles. The van der Waals surface area contributed by atoms with Gasteiger partial charge in [-0.25, -0.2) is 0 Å². The van der Waals surface area contributed by atoms with Crippen LogP contribution in [0.25, 0.3) is 0 Å². The molecule has 3 aromatic rings. The number of hydrogen-bond donors (Lipinski definition) is 1. The first-order valence-corrected chi connectivity index (χ1v) is 9.34. The minimum absolute atomic E-state index is 0.106. The highest BCUT2D eigenvalue weighted by Gasteiger charge is 2.18. The lowest BCUT2D eigenvalue weighted by Crippen LogP contribution is -2.31. The van der Waals surface area contributed by atoms with Gasteiger partial charge in [-0.15, -0.1) is 0 Å². The smallest absolute Gasteiger partial charge is 0.253 e. The van der Waals surface area contributed by atoms with Gasteiger partial charge in [0.05, 0.1) is 17.7 Å². The number of hydrogen-bond acceptors (Lipinski definition) is 2. The SMILES string of the molecule is CN(C(=O)Cc1ccc(Cl)cc1)c1ccccc1C(=O)NCc1ccccc1. The molecule has 0 aliphatic heterocycles. The minimum Gasteiger partial charge on any atom is -0.348 e. The van der Waals surface area contributed by atoms with Crippen LogP contribution >= 0.6 is 11.6 Å². The average Bonchev–Trinajstić information content (AvgIpc) is 2.74. The summed E-state index contributed by atoms with van der Waals surface area (Å²) < 4.78 is 0. The standard InChI is InChI=1S/C23H21ClN2O2/c1-26(22(27)15-17-11-13-19(24)14-12-17)21-10-6-5-9-20(21)23(28)25-16-18-7-3-2-4-8-18/h2-14H,15-16H2,1H3,(H,25,28). The molecule has 0 spiro atoms. The van der Waals surface area contributed by atoms with Crippen molar-refractivity contribution in [3.05, 3.63) is 101 Å². The number of carbonyl (C=O) groups is 2. The molecule has 1 N–H and O–H groups in total. The number of para-hydroxylation sites is 1. The minimum atomic E-state index is -0.217. The molecule has 5 heteroatoms. The fraction of sp³-hybridized carbons (Fsp3) is 0.130. The van der Waals surface area contributed by atoms with Crippen molar-refractivity contribution in [2.75, 3.05) is 11.9 Å². The third-order valence-electron chi connectivity index (χ3n) is 4.45. The van der Waals surface area contributed by atoms with Crippen LogP contribution < -0.4 is 10.2 Å². The van der Waals surface area contributed by atoms with Crippen LogP contribution in [0.2, 0.25) is 5.02 Å². The first-order valence-electron chi connectivity index (χ1n) is 8.97. The van der Waals surface area contributed by atoms with Crippen LogP contribution in [0.5, 0.6) is 0 Å². The lowest BCUT2D eigenvalue weighted by molar-refractivity contribution is -0.117. The third kappa shape index (κ3) is 4.99. The Morgan fingerprint density at radius 2 is 1.50 bits per heavy atom. The fourth-order valence-corrected chi connectivity index (χ4v) is 2.99. The number of nitrogens with one attached hydrogen (secondary N) is 1. The van der Waals surface area contributed by atoms with Crippen LogP contribution in [-0.2, 0) is 17.8 Å². The Morgan fingerprint density at radius 3 is 2.21 bits per heavy atom. The van der Waals surface area contributed by atoms with E-state index in [9.17, 15) is 9.59 Å². The van der Waals surface area contributed by atoms with E-state index in [1.165, 1.54) is 4.90 Å². The van der Waals surface area contributed by atoms with Gasteiger partial charge >= 0.3 is 0 Å². The van der Waals surface area contributed by atoms with Crippen molar-refractivity contribution in [3.8, 4) is 0 Å². The first-order chi connectivity index (χ1) is 13.5. The molecule has 0 fully saturated rings. The molecule has 0 radical (unpaired) electrons. The fourth-order valence-electron chi connectivity index (χ4n) is 2.86. The van der Waals surface area contributed by atoms with Gasteiger partial charge in [-0.3, -0.25) is 9.59 Å². The predicted molar refractivity (Wildman–Crippen MR) is 113 cm³/mol. The molecule has 142 valence electrons. The molecular weight excluding hydrogens is 372 g/mol. The van der Waals surface area contributed by atoms with Gasteiger partial charge in [0.1, 0.15) is 0 Å². The Morgan fingerprint density at radius 1 is 0.857 bits per heavy atom. The molecule has 3 rings (SSSR count). The van der Waals surface area contributed by atoms with E-state index in [0.29, 0.717) is 22.8 Å². The molecule has 28 heavy (non-hydrogen) atoms. The lowest BCUT2D eigenvalue weighted by atomic mass is 10.1. The topological polar surface area (TPSA) is 49.4 Å². The van der Waals surface area contributed by atoms with Gasteiger partial charge in [-0.05, 0) is 35.4 Å². The van der Waals surface area contributed by atoms with E-state index in [1.54, 1.807) is 37.4 Å². The summed E-state index contributed by atoms with van der Waals surface area (Å²) in [6.45, 7) is 0.427. The van der Waals surface area contributed by atoms with E-state index in [-0.39, 0.29) is 18.2 Å². The van der Waals surface area contributed by atoms with Crippen LogP contribution in [0.4, 0.5) is 5.69 Å². The second-order valence-corrected chi connectivity index (χ2v) is 6.88. The number of anilines is 1. The van der Waals surface area contributed by atoms with Crippen molar-refractivity contribution in [3.63, 3.8) is 0 Å². The van der Waals surface area contributed by atoms with Crippen molar-refractivity contribution >= 4 is 29.1 Å². The monoisotopic (exact) mass is 392 g/mol. The molecule has 3 aromatic carbocycles. The largest absolute Gasteiger partial charge is 0.348 e.